The maximum atomic E-state index is 12.1. The van der Waals surface area contributed by atoms with Gasteiger partial charge in [0.15, 0.2) is 5.13 Å². The Balaban J connectivity index is 1.65. The van der Waals surface area contributed by atoms with Crippen molar-refractivity contribution in [1.29, 1.82) is 0 Å². The maximum Gasteiger partial charge on any atom is 0.230 e. The van der Waals surface area contributed by atoms with Gasteiger partial charge in [-0.15, -0.1) is 11.3 Å². The lowest BCUT2D eigenvalue weighted by atomic mass is 10.3. The van der Waals surface area contributed by atoms with E-state index in [1.54, 1.807) is 28.5 Å². The Bertz CT molecular complexity index is 763. The number of amides is 2. The second-order valence-electron chi connectivity index (χ2n) is 5.10. The van der Waals surface area contributed by atoms with Gasteiger partial charge in [0.2, 0.25) is 11.8 Å². The first kappa shape index (κ1) is 16.2. The number of nitrogens with one attached hydrogen (secondary N) is 1. The number of hydrogen-bond donors (Lipinski definition) is 1. The number of rotatable bonds is 4. The molecule has 1 aromatic heterocycles. The number of aromatic nitrogens is 1. The van der Waals surface area contributed by atoms with Crippen LogP contribution in [0.4, 0.5) is 10.8 Å². The SMILES string of the molecule is O=C(Cc1csc(N2CCCC2=O)n1)Nc1cccc(Cl)c1Cl. The number of carbonyl (C=O) groups is 2. The Hall–Kier alpha value is -1.63. The molecule has 1 N–H and O–H groups in total. The second kappa shape index (κ2) is 6.86. The largest absolute Gasteiger partial charge is 0.324 e. The van der Waals surface area contributed by atoms with Gasteiger partial charge in [-0.25, -0.2) is 4.98 Å². The molecular formula is C15H13Cl2N3O2S. The van der Waals surface area contributed by atoms with Gasteiger partial charge in [-0.1, -0.05) is 29.3 Å². The minimum absolute atomic E-state index is 0.0843. The molecule has 0 bridgehead atoms. The Labute approximate surface area is 147 Å². The summed E-state index contributed by atoms with van der Waals surface area (Å²) >= 11 is 13.3. The third-order valence-corrected chi connectivity index (χ3v) is 5.14. The fourth-order valence-corrected chi connectivity index (χ4v) is 3.53. The number of hydrogen-bond acceptors (Lipinski definition) is 4. The smallest absolute Gasteiger partial charge is 0.230 e. The van der Waals surface area contributed by atoms with E-state index in [1.807, 2.05) is 0 Å². The van der Waals surface area contributed by atoms with Crippen LogP contribution in [-0.2, 0) is 16.0 Å². The molecule has 1 aromatic carbocycles. The van der Waals surface area contributed by atoms with E-state index in [4.69, 9.17) is 23.2 Å². The van der Waals surface area contributed by atoms with Crippen LogP contribution in [0.3, 0.4) is 0 Å². The van der Waals surface area contributed by atoms with Crippen LogP contribution in [-0.4, -0.2) is 23.3 Å². The van der Waals surface area contributed by atoms with Gasteiger partial charge in [0.1, 0.15) is 0 Å². The lowest BCUT2D eigenvalue weighted by molar-refractivity contribution is -0.117. The van der Waals surface area contributed by atoms with Crippen molar-refractivity contribution >= 4 is 57.2 Å². The summed E-state index contributed by atoms with van der Waals surface area (Å²) in [5.74, 6) is -0.153. The lowest BCUT2D eigenvalue weighted by Gasteiger charge is -2.10. The van der Waals surface area contributed by atoms with Gasteiger partial charge < -0.3 is 5.32 Å². The minimum atomic E-state index is -0.237. The third kappa shape index (κ3) is 3.65. The number of thiazole rings is 1. The Kier molecular flexibility index (Phi) is 4.84. The molecule has 0 aliphatic carbocycles. The van der Waals surface area contributed by atoms with Crippen LogP contribution in [0.2, 0.25) is 10.0 Å². The molecule has 0 saturated carbocycles. The highest BCUT2D eigenvalue weighted by Gasteiger charge is 2.24. The fraction of sp³-hybridized carbons (Fsp3) is 0.267. The molecule has 0 radical (unpaired) electrons. The van der Waals surface area contributed by atoms with Crippen molar-refractivity contribution < 1.29 is 9.59 Å². The summed E-state index contributed by atoms with van der Waals surface area (Å²) in [5, 5.41) is 5.85. The second-order valence-corrected chi connectivity index (χ2v) is 6.72. The Morgan fingerprint density at radius 3 is 2.96 bits per heavy atom. The quantitative estimate of drug-likeness (QED) is 0.892. The fourth-order valence-electron chi connectivity index (χ4n) is 2.31. The van der Waals surface area contributed by atoms with Crippen molar-refractivity contribution in [3.05, 3.63) is 39.3 Å². The van der Waals surface area contributed by atoms with Crippen molar-refractivity contribution in [3.63, 3.8) is 0 Å². The standard InChI is InChI=1S/C15H13Cl2N3O2S/c16-10-3-1-4-11(14(10)17)19-12(21)7-9-8-23-15(18-9)20-6-2-5-13(20)22/h1,3-4,8H,2,5-7H2,(H,19,21). The number of benzene rings is 1. The lowest BCUT2D eigenvalue weighted by Crippen LogP contribution is -2.23. The van der Waals surface area contributed by atoms with E-state index in [2.05, 4.69) is 10.3 Å². The summed E-state index contributed by atoms with van der Waals surface area (Å²) in [5.41, 5.74) is 1.09. The zero-order valence-corrected chi connectivity index (χ0v) is 14.3. The first-order chi connectivity index (χ1) is 11.0. The van der Waals surface area contributed by atoms with Gasteiger partial charge in [0.05, 0.1) is 27.8 Å². The summed E-state index contributed by atoms with van der Waals surface area (Å²) in [7, 11) is 0. The van der Waals surface area contributed by atoms with Gasteiger partial charge in [-0.05, 0) is 18.6 Å². The molecule has 1 saturated heterocycles. The summed E-state index contributed by atoms with van der Waals surface area (Å²) in [4.78, 5) is 29.8. The predicted octanol–water partition coefficient (Wildman–Crippen LogP) is 3.76. The minimum Gasteiger partial charge on any atom is -0.324 e. The van der Waals surface area contributed by atoms with Crippen LogP contribution in [0.1, 0.15) is 18.5 Å². The molecule has 1 aliphatic heterocycles. The van der Waals surface area contributed by atoms with Gasteiger partial charge >= 0.3 is 0 Å². The van der Waals surface area contributed by atoms with E-state index in [-0.39, 0.29) is 18.2 Å². The van der Waals surface area contributed by atoms with Crippen LogP contribution in [0, 0.1) is 0 Å². The van der Waals surface area contributed by atoms with Crippen LogP contribution in [0.15, 0.2) is 23.6 Å². The van der Waals surface area contributed by atoms with Crippen LogP contribution in [0.25, 0.3) is 0 Å². The predicted molar refractivity (Wildman–Crippen MR) is 92.5 cm³/mol. The van der Waals surface area contributed by atoms with Crippen molar-refractivity contribution in [1.82, 2.24) is 4.98 Å². The average molecular weight is 370 g/mol. The van der Waals surface area contributed by atoms with Gasteiger partial charge in [-0.3, -0.25) is 14.5 Å². The van der Waals surface area contributed by atoms with Crippen molar-refractivity contribution in [2.75, 3.05) is 16.8 Å². The maximum absolute atomic E-state index is 12.1. The topological polar surface area (TPSA) is 62.3 Å². The Morgan fingerprint density at radius 2 is 2.22 bits per heavy atom. The summed E-state index contributed by atoms with van der Waals surface area (Å²) < 4.78 is 0. The molecule has 3 rings (SSSR count). The van der Waals surface area contributed by atoms with Crippen LogP contribution < -0.4 is 10.2 Å². The molecule has 2 heterocycles. The van der Waals surface area contributed by atoms with E-state index in [0.717, 1.165) is 6.42 Å². The number of nitrogens with zero attached hydrogens (tertiary/aromatic N) is 2. The zero-order valence-electron chi connectivity index (χ0n) is 12.0. The zero-order chi connectivity index (χ0) is 16.4. The number of anilines is 2. The van der Waals surface area contributed by atoms with Gasteiger partial charge in [-0.2, -0.15) is 0 Å². The van der Waals surface area contributed by atoms with E-state index in [1.165, 1.54) is 11.3 Å². The Morgan fingerprint density at radius 1 is 1.39 bits per heavy atom. The van der Waals surface area contributed by atoms with E-state index in [9.17, 15) is 9.59 Å². The third-order valence-electron chi connectivity index (χ3n) is 3.41. The molecule has 1 fully saturated rings. The summed E-state index contributed by atoms with van der Waals surface area (Å²) in [6.07, 6.45) is 1.52. The van der Waals surface area contributed by atoms with Crippen molar-refractivity contribution in [2.24, 2.45) is 0 Å². The first-order valence-corrected chi connectivity index (χ1v) is 8.67. The summed E-state index contributed by atoms with van der Waals surface area (Å²) in [6.45, 7) is 0.691. The van der Waals surface area contributed by atoms with Crippen LogP contribution in [0.5, 0.6) is 0 Å². The highest BCUT2D eigenvalue weighted by atomic mass is 35.5. The van der Waals surface area contributed by atoms with E-state index in [0.29, 0.717) is 39.5 Å². The molecule has 120 valence electrons. The molecule has 0 spiro atoms. The molecule has 8 heteroatoms. The molecule has 2 aromatic rings. The molecule has 5 nitrogen and oxygen atoms in total. The molecule has 2 amide bonds. The molecule has 0 atom stereocenters. The normalized spacial score (nSPS) is 14.3. The van der Waals surface area contributed by atoms with Crippen molar-refractivity contribution in [3.8, 4) is 0 Å². The highest BCUT2D eigenvalue weighted by molar-refractivity contribution is 7.14. The van der Waals surface area contributed by atoms with Crippen LogP contribution >= 0.6 is 34.5 Å². The average Bonchev–Trinajstić information content (AvgIpc) is 3.12. The number of halogens is 2. The summed E-state index contributed by atoms with van der Waals surface area (Å²) in [6, 6.07) is 5.05. The molecular weight excluding hydrogens is 357 g/mol. The molecule has 1 aliphatic rings. The monoisotopic (exact) mass is 369 g/mol. The molecule has 23 heavy (non-hydrogen) atoms. The highest BCUT2D eigenvalue weighted by Crippen LogP contribution is 2.30. The molecule has 0 unspecified atom stereocenters. The van der Waals surface area contributed by atoms with Gasteiger partial charge in [0.25, 0.3) is 0 Å². The number of carbonyl (C=O) groups excluding carboxylic acids is 2. The van der Waals surface area contributed by atoms with Gasteiger partial charge in [0, 0.05) is 18.3 Å². The first-order valence-electron chi connectivity index (χ1n) is 7.03. The van der Waals surface area contributed by atoms with E-state index >= 15 is 0 Å². The van der Waals surface area contributed by atoms with Crippen molar-refractivity contribution in [2.45, 2.75) is 19.3 Å². The van der Waals surface area contributed by atoms with E-state index < -0.39 is 0 Å².